The molecule has 0 nitrogen and oxygen atoms in total. The first-order valence-corrected chi connectivity index (χ1v) is 10.0. The molecule has 1 aromatic rings. The molecule has 0 saturated carbocycles. The number of hydrogen-bond acceptors (Lipinski definition) is 0. The van der Waals surface area contributed by atoms with Crippen molar-refractivity contribution in [2.24, 2.45) is 0 Å². The average molecular weight is 345 g/mol. The van der Waals surface area contributed by atoms with E-state index in [-0.39, 0.29) is 17.2 Å². The van der Waals surface area contributed by atoms with Crippen LogP contribution < -0.4 is 17.2 Å². The van der Waals surface area contributed by atoms with Gasteiger partial charge in [0.2, 0.25) is 0 Å². The molecule has 0 N–H and O–H groups in total. The molecule has 0 atom stereocenters. The number of benzene rings is 1. The summed E-state index contributed by atoms with van der Waals surface area (Å²) in [6, 6.07) is 8.78. The van der Waals surface area contributed by atoms with E-state index in [1.165, 1.54) is 9.13 Å². The molecule has 0 amide bonds. The first-order valence-electron chi connectivity index (χ1n) is 2.65. The van der Waals surface area contributed by atoms with Crippen LogP contribution in [0.1, 0.15) is 5.56 Å². The second-order valence-electron chi connectivity index (χ2n) is 1.87. The van der Waals surface area contributed by atoms with Gasteiger partial charge >= 0.3 is 76.2 Å². The summed E-state index contributed by atoms with van der Waals surface area (Å²) in [7, 11) is 0. The fourth-order valence-corrected chi connectivity index (χ4v) is 3.04. The number of hydrogen-bond donors (Lipinski definition) is 0. The van der Waals surface area contributed by atoms with Crippen molar-refractivity contribution in [3.8, 4) is 0 Å². The maximum absolute atomic E-state index is 2.48. The third-order valence-corrected chi connectivity index (χ3v) is 5.44. The van der Waals surface area contributed by atoms with Crippen LogP contribution in [0.15, 0.2) is 24.3 Å². The molecular formula is C7H7I2-. The summed E-state index contributed by atoms with van der Waals surface area (Å²) in [4.78, 5) is 0. The van der Waals surface area contributed by atoms with Crippen LogP contribution in [-0.2, 0) is 0 Å². The van der Waals surface area contributed by atoms with Crippen LogP contribution in [0.25, 0.3) is 0 Å². The van der Waals surface area contributed by atoms with Gasteiger partial charge in [-0.05, 0) is 0 Å². The summed E-state index contributed by atoms with van der Waals surface area (Å²) in [6.45, 7) is 2.12. The zero-order valence-corrected chi connectivity index (χ0v) is 9.38. The quantitative estimate of drug-likeness (QED) is 0.608. The predicted octanol–water partition coefficient (Wildman–Crippen LogP) is -0.396. The minimum absolute atomic E-state index is 0.267. The van der Waals surface area contributed by atoms with E-state index in [0.29, 0.717) is 0 Å². The van der Waals surface area contributed by atoms with Crippen molar-refractivity contribution >= 4 is 18.6 Å². The van der Waals surface area contributed by atoms with Crippen molar-refractivity contribution in [3.63, 3.8) is 0 Å². The third-order valence-electron chi connectivity index (χ3n) is 1.09. The third kappa shape index (κ3) is 2.41. The van der Waals surface area contributed by atoms with Crippen molar-refractivity contribution in [1.82, 2.24) is 0 Å². The summed E-state index contributed by atoms with van der Waals surface area (Å²) < 4.78 is 1.51. The first kappa shape index (κ1) is 7.78. The van der Waals surface area contributed by atoms with Crippen LogP contribution in [-0.4, -0.2) is 0 Å². The summed E-state index contributed by atoms with van der Waals surface area (Å²) in [5.41, 5.74) is 1.35. The Bertz CT molecular complexity index is 179. The van der Waals surface area contributed by atoms with Gasteiger partial charge in [0.1, 0.15) is 0 Å². The van der Waals surface area contributed by atoms with Gasteiger partial charge in [-0.3, -0.25) is 0 Å². The molecule has 0 unspecified atom stereocenters. The van der Waals surface area contributed by atoms with Gasteiger partial charge in [0.15, 0.2) is 0 Å². The van der Waals surface area contributed by atoms with E-state index in [1.807, 2.05) is 0 Å². The molecule has 0 bridgehead atoms. The molecule has 0 saturated heterocycles. The van der Waals surface area contributed by atoms with Crippen LogP contribution in [0.5, 0.6) is 0 Å². The van der Waals surface area contributed by atoms with Crippen LogP contribution in [0.2, 0.25) is 0 Å². The fourth-order valence-electron chi connectivity index (χ4n) is 0.581. The normalized spacial score (nSPS) is 10.0. The molecule has 0 aliphatic carbocycles. The summed E-state index contributed by atoms with van der Waals surface area (Å²) >= 11 is 2.74. The summed E-state index contributed by atoms with van der Waals surface area (Å²) in [5.74, 6) is 0. The standard InChI is InChI=1S/C7H7I2/c1-6-2-4-7(9-8)5-3-6/h2-5H,1H3/q-1. The Balaban J connectivity index is 2.88. The maximum atomic E-state index is 2.48. The Kier molecular flexibility index (Phi) is 3.25. The fraction of sp³-hybridized carbons (Fsp3) is 0.143. The zero-order valence-electron chi connectivity index (χ0n) is 5.07. The van der Waals surface area contributed by atoms with Crippen molar-refractivity contribution in [1.29, 1.82) is 0 Å². The molecule has 0 aliphatic rings. The van der Waals surface area contributed by atoms with E-state index in [0.717, 1.165) is 0 Å². The molecule has 0 heterocycles. The minimum atomic E-state index is 0.267. The van der Waals surface area contributed by atoms with Gasteiger partial charge in [-0.25, -0.2) is 0 Å². The Morgan fingerprint density at radius 1 is 1.22 bits per heavy atom. The molecule has 50 valence electrons. The Labute approximate surface area is 75.5 Å². The molecule has 1 rings (SSSR count). The van der Waals surface area contributed by atoms with Gasteiger partial charge in [-0.2, -0.15) is 0 Å². The van der Waals surface area contributed by atoms with Gasteiger partial charge in [-0.1, -0.05) is 0 Å². The number of halogens is 2. The van der Waals surface area contributed by atoms with Crippen molar-refractivity contribution in [2.45, 2.75) is 6.92 Å². The van der Waals surface area contributed by atoms with E-state index in [4.69, 9.17) is 0 Å². The molecule has 1 aromatic carbocycles. The number of aryl methyl sites for hydroxylation is 1. The summed E-state index contributed by atoms with van der Waals surface area (Å²) in [6.07, 6.45) is 0. The molecule has 0 aliphatic heterocycles. The second-order valence-corrected chi connectivity index (χ2v) is 6.26. The molecule has 2 heteroatoms. The van der Waals surface area contributed by atoms with Gasteiger partial charge < -0.3 is 0 Å². The van der Waals surface area contributed by atoms with E-state index >= 15 is 0 Å². The van der Waals surface area contributed by atoms with Crippen molar-refractivity contribution in [2.75, 3.05) is 0 Å². The van der Waals surface area contributed by atoms with Gasteiger partial charge in [0.25, 0.3) is 0 Å². The molecule has 0 spiro atoms. The predicted molar refractivity (Wildman–Crippen MR) is 43.9 cm³/mol. The van der Waals surface area contributed by atoms with Crippen molar-refractivity contribution < 1.29 is 17.2 Å². The first-order chi connectivity index (χ1) is 4.33. The monoisotopic (exact) mass is 345 g/mol. The molecule has 9 heavy (non-hydrogen) atoms. The Morgan fingerprint density at radius 3 is 2.22 bits per heavy atom. The average Bonchev–Trinajstić information content (AvgIpc) is 1.90. The van der Waals surface area contributed by atoms with E-state index in [2.05, 4.69) is 49.8 Å². The molecule has 0 fully saturated rings. The van der Waals surface area contributed by atoms with Crippen LogP contribution in [0.3, 0.4) is 0 Å². The SMILES string of the molecule is Cc1ccc([I-]I)cc1. The molecular weight excluding hydrogens is 338 g/mol. The Hall–Kier alpha value is 0.680. The van der Waals surface area contributed by atoms with E-state index in [9.17, 15) is 0 Å². The summed E-state index contributed by atoms with van der Waals surface area (Å²) in [5, 5.41) is 0. The zero-order chi connectivity index (χ0) is 6.69. The van der Waals surface area contributed by atoms with Gasteiger partial charge in [0, 0.05) is 0 Å². The van der Waals surface area contributed by atoms with Crippen LogP contribution in [0, 0.1) is 10.5 Å². The van der Waals surface area contributed by atoms with Gasteiger partial charge in [-0.15, -0.1) is 0 Å². The second kappa shape index (κ2) is 3.75. The van der Waals surface area contributed by atoms with Crippen LogP contribution >= 0.6 is 18.6 Å². The van der Waals surface area contributed by atoms with E-state index in [1.54, 1.807) is 0 Å². The molecule has 0 radical (unpaired) electrons. The van der Waals surface area contributed by atoms with Crippen LogP contribution in [0.4, 0.5) is 0 Å². The topological polar surface area (TPSA) is 0 Å². The molecule has 0 aromatic heterocycles. The van der Waals surface area contributed by atoms with Gasteiger partial charge in [0.05, 0.1) is 0 Å². The Morgan fingerprint density at radius 2 is 1.78 bits per heavy atom. The van der Waals surface area contributed by atoms with Crippen molar-refractivity contribution in [3.05, 3.63) is 33.4 Å². The number of rotatable bonds is 1. The van der Waals surface area contributed by atoms with E-state index < -0.39 is 0 Å².